The highest BCUT2D eigenvalue weighted by Crippen LogP contribution is 2.29. The summed E-state index contributed by atoms with van der Waals surface area (Å²) in [6, 6.07) is 11.2. The van der Waals surface area contributed by atoms with Crippen LogP contribution in [0.2, 0.25) is 5.02 Å². The van der Waals surface area contributed by atoms with E-state index in [0.717, 1.165) is 11.8 Å². The van der Waals surface area contributed by atoms with E-state index in [1.54, 1.807) is 6.07 Å². The maximum absolute atomic E-state index is 12.5. The maximum atomic E-state index is 12.5. The van der Waals surface area contributed by atoms with Crippen LogP contribution in [0.1, 0.15) is 0 Å². The van der Waals surface area contributed by atoms with Crippen molar-refractivity contribution < 1.29 is 19.2 Å². The van der Waals surface area contributed by atoms with Gasteiger partial charge in [0.2, 0.25) is 0 Å². The molecule has 2 aromatic carbocycles. The number of anilines is 2. The van der Waals surface area contributed by atoms with Crippen LogP contribution in [-0.2, 0) is 9.59 Å². The molecule has 1 saturated heterocycles. The molecule has 10 heteroatoms. The summed E-state index contributed by atoms with van der Waals surface area (Å²) in [6.45, 7) is 1.84. The van der Waals surface area contributed by atoms with Gasteiger partial charge in [0.1, 0.15) is 5.75 Å². The van der Waals surface area contributed by atoms with E-state index >= 15 is 0 Å². The Morgan fingerprint density at radius 2 is 1.86 bits per heavy atom. The van der Waals surface area contributed by atoms with Crippen molar-refractivity contribution >= 4 is 40.5 Å². The maximum Gasteiger partial charge on any atom is 0.314 e. The summed E-state index contributed by atoms with van der Waals surface area (Å²) in [5.41, 5.74) is 0.802. The van der Waals surface area contributed by atoms with Gasteiger partial charge in [-0.2, -0.15) is 0 Å². The first-order valence-corrected chi connectivity index (χ1v) is 9.20. The van der Waals surface area contributed by atoms with Crippen molar-refractivity contribution in [1.82, 2.24) is 4.90 Å². The Morgan fingerprint density at radius 1 is 1.14 bits per heavy atom. The highest BCUT2D eigenvalue weighted by molar-refractivity contribution is 6.39. The van der Waals surface area contributed by atoms with Gasteiger partial charge < -0.3 is 19.9 Å². The van der Waals surface area contributed by atoms with Gasteiger partial charge in [-0.1, -0.05) is 17.7 Å². The van der Waals surface area contributed by atoms with E-state index in [2.05, 4.69) is 10.2 Å². The van der Waals surface area contributed by atoms with Crippen LogP contribution < -0.4 is 15.0 Å². The monoisotopic (exact) mass is 418 g/mol. The smallest absolute Gasteiger partial charge is 0.314 e. The molecule has 0 aliphatic carbocycles. The first kappa shape index (κ1) is 20.4. The zero-order valence-corrected chi connectivity index (χ0v) is 16.4. The largest absolute Gasteiger partial charge is 0.495 e. The molecule has 1 N–H and O–H groups in total. The number of amides is 2. The normalized spacial score (nSPS) is 13.7. The molecule has 0 radical (unpaired) electrons. The van der Waals surface area contributed by atoms with Crippen molar-refractivity contribution in [2.75, 3.05) is 43.5 Å². The summed E-state index contributed by atoms with van der Waals surface area (Å²) >= 11 is 6.02. The van der Waals surface area contributed by atoms with E-state index < -0.39 is 16.7 Å². The Morgan fingerprint density at radius 3 is 2.48 bits per heavy atom. The fourth-order valence-corrected chi connectivity index (χ4v) is 3.25. The lowest BCUT2D eigenvalue weighted by atomic mass is 10.2. The number of nitro benzene ring substituents is 1. The van der Waals surface area contributed by atoms with Gasteiger partial charge in [-0.3, -0.25) is 19.7 Å². The van der Waals surface area contributed by atoms with Crippen LogP contribution in [0.15, 0.2) is 42.5 Å². The number of hydrogen-bond donors (Lipinski definition) is 1. The van der Waals surface area contributed by atoms with Crippen molar-refractivity contribution in [2.45, 2.75) is 0 Å². The van der Waals surface area contributed by atoms with E-state index in [1.807, 2.05) is 18.2 Å². The minimum Gasteiger partial charge on any atom is -0.495 e. The molecule has 0 saturated carbocycles. The third-order valence-electron chi connectivity index (χ3n) is 4.58. The zero-order chi connectivity index (χ0) is 21.0. The van der Waals surface area contributed by atoms with Gasteiger partial charge in [-0.15, -0.1) is 0 Å². The molecule has 0 spiro atoms. The quantitative estimate of drug-likeness (QED) is 0.464. The highest BCUT2D eigenvalue weighted by atomic mass is 35.5. The van der Waals surface area contributed by atoms with Gasteiger partial charge in [0, 0.05) is 49.0 Å². The predicted octanol–water partition coefficient (Wildman–Crippen LogP) is 2.54. The Balaban J connectivity index is 1.64. The number of hydrogen-bond acceptors (Lipinski definition) is 6. The minimum absolute atomic E-state index is 0.0672. The van der Waals surface area contributed by atoms with E-state index in [4.69, 9.17) is 16.3 Å². The third-order valence-corrected chi connectivity index (χ3v) is 4.81. The molecule has 152 valence electrons. The lowest BCUT2D eigenvalue weighted by Crippen LogP contribution is -2.51. The molecule has 0 atom stereocenters. The highest BCUT2D eigenvalue weighted by Gasteiger charge is 2.27. The molecule has 2 amide bonds. The molecule has 9 nitrogen and oxygen atoms in total. The lowest BCUT2D eigenvalue weighted by molar-refractivity contribution is -0.384. The number of piperazine rings is 1. The number of ether oxygens (including phenoxy) is 1. The second-order valence-electron chi connectivity index (χ2n) is 6.35. The molecule has 1 aliphatic rings. The van der Waals surface area contributed by atoms with E-state index in [9.17, 15) is 19.7 Å². The van der Waals surface area contributed by atoms with Crippen LogP contribution in [0.4, 0.5) is 17.1 Å². The van der Waals surface area contributed by atoms with Crippen molar-refractivity contribution in [2.24, 2.45) is 0 Å². The standard InChI is InChI=1S/C19H19ClN4O5/c1-29-17-6-5-15(24(27)28)12-16(17)21-18(25)19(26)23-9-7-22(8-10-23)14-4-2-3-13(20)11-14/h2-6,11-12H,7-10H2,1H3,(H,21,25). The Bertz CT molecular complexity index is 944. The summed E-state index contributed by atoms with van der Waals surface area (Å²) in [4.78, 5) is 38.8. The number of benzene rings is 2. The number of nitrogens with one attached hydrogen (secondary N) is 1. The predicted molar refractivity (Wildman–Crippen MR) is 109 cm³/mol. The van der Waals surface area contributed by atoms with Crippen molar-refractivity contribution in [3.05, 3.63) is 57.6 Å². The minimum atomic E-state index is -0.875. The molecular weight excluding hydrogens is 400 g/mol. The van der Waals surface area contributed by atoms with Crippen LogP contribution >= 0.6 is 11.6 Å². The molecule has 1 aliphatic heterocycles. The number of carbonyl (C=O) groups is 2. The number of methoxy groups -OCH3 is 1. The van der Waals surface area contributed by atoms with Crippen LogP contribution in [-0.4, -0.2) is 54.9 Å². The summed E-state index contributed by atoms with van der Waals surface area (Å²) in [5, 5.41) is 14.0. The summed E-state index contributed by atoms with van der Waals surface area (Å²) in [7, 11) is 1.37. The number of halogens is 1. The first-order chi connectivity index (χ1) is 13.9. The molecule has 3 rings (SSSR count). The lowest BCUT2D eigenvalue weighted by Gasteiger charge is -2.35. The molecule has 1 heterocycles. The topological polar surface area (TPSA) is 105 Å². The number of non-ortho nitro benzene ring substituents is 1. The van der Waals surface area contributed by atoms with Crippen LogP contribution in [0.3, 0.4) is 0 Å². The SMILES string of the molecule is COc1ccc([N+](=O)[O-])cc1NC(=O)C(=O)N1CCN(c2cccc(Cl)c2)CC1. The Hall–Kier alpha value is -3.33. The molecule has 2 aromatic rings. The first-order valence-electron chi connectivity index (χ1n) is 8.82. The van der Waals surface area contributed by atoms with E-state index in [-0.39, 0.29) is 17.1 Å². The number of nitro groups is 1. The Labute approximate surface area is 171 Å². The number of nitrogens with zero attached hydrogens (tertiary/aromatic N) is 3. The second-order valence-corrected chi connectivity index (χ2v) is 6.79. The van der Waals surface area contributed by atoms with Gasteiger partial charge in [0.25, 0.3) is 5.69 Å². The molecule has 0 bridgehead atoms. The van der Waals surface area contributed by atoms with Gasteiger partial charge in [0.05, 0.1) is 17.7 Å². The summed E-state index contributed by atoms with van der Waals surface area (Å²) < 4.78 is 5.10. The van der Waals surface area contributed by atoms with Gasteiger partial charge >= 0.3 is 11.8 Å². The van der Waals surface area contributed by atoms with E-state index in [1.165, 1.54) is 24.1 Å². The van der Waals surface area contributed by atoms with Crippen LogP contribution in [0, 0.1) is 10.1 Å². The van der Waals surface area contributed by atoms with Gasteiger partial charge in [-0.05, 0) is 24.3 Å². The van der Waals surface area contributed by atoms with Crippen molar-refractivity contribution in [1.29, 1.82) is 0 Å². The molecule has 0 aromatic heterocycles. The van der Waals surface area contributed by atoms with Gasteiger partial charge in [0.15, 0.2) is 0 Å². The average Bonchev–Trinajstić information content (AvgIpc) is 2.73. The Kier molecular flexibility index (Phi) is 6.18. The molecule has 1 fully saturated rings. The fraction of sp³-hybridized carbons (Fsp3) is 0.263. The van der Waals surface area contributed by atoms with Gasteiger partial charge in [-0.25, -0.2) is 0 Å². The molecule has 0 unspecified atom stereocenters. The summed E-state index contributed by atoms with van der Waals surface area (Å²) in [5.74, 6) is -1.35. The number of rotatable bonds is 4. The number of carbonyl (C=O) groups excluding carboxylic acids is 2. The second kappa shape index (κ2) is 8.78. The van der Waals surface area contributed by atoms with E-state index in [0.29, 0.717) is 31.2 Å². The summed E-state index contributed by atoms with van der Waals surface area (Å²) in [6.07, 6.45) is 0. The molecule has 29 heavy (non-hydrogen) atoms. The van der Waals surface area contributed by atoms with Crippen molar-refractivity contribution in [3.63, 3.8) is 0 Å². The fourth-order valence-electron chi connectivity index (χ4n) is 3.07. The average molecular weight is 419 g/mol. The third kappa shape index (κ3) is 4.75. The van der Waals surface area contributed by atoms with Crippen LogP contribution in [0.5, 0.6) is 5.75 Å². The molecular formula is C19H19ClN4O5. The zero-order valence-electron chi connectivity index (χ0n) is 15.6. The van der Waals surface area contributed by atoms with Crippen molar-refractivity contribution in [3.8, 4) is 5.75 Å². The van der Waals surface area contributed by atoms with Crippen LogP contribution in [0.25, 0.3) is 0 Å².